The van der Waals surface area contributed by atoms with E-state index in [1.54, 1.807) is 6.92 Å². The summed E-state index contributed by atoms with van der Waals surface area (Å²) in [6, 6.07) is 0. The van der Waals surface area contributed by atoms with Gasteiger partial charge in [-0.25, -0.2) is 0 Å². The van der Waals surface area contributed by atoms with E-state index in [9.17, 15) is 9.59 Å². The van der Waals surface area contributed by atoms with Gasteiger partial charge in [0.15, 0.2) is 5.78 Å². The fourth-order valence-electron chi connectivity index (χ4n) is 6.48. The van der Waals surface area contributed by atoms with Crippen LogP contribution in [-0.2, 0) is 14.3 Å². The van der Waals surface area contributed by atoms with Gasteiger partial charge >= 0.3 is 5.97 Å². The second-order valence-corrected chi connectivity index (χ2v) is 9.20. The molecule has 4 aliphatic rings. The smallest absolute Gasteiger partial charge is 0.302 e. The molecule has 140 valence electrons. The minimum atomic E-state index is -0.166. The van der Waals surface area contributed by atoms with Crippen molar-refractivity contribution in [1.29, 1.82) is 0 Å². The lowest BCUT2D eigenvalue weighted by Crippen LogP contribution is -2.47. The third kappa shape index (κ3) is 2.46. The molecule has 0 aromatic carbocycles. The van der Waals surface area contributed by atoms with Crippen LogP contribution in [0.2, 0.25) is 0 Å². The first-order valence-electron chi connectivity index (χ1n) is 10.1. The van der Waals surface area contributed by atoms with Crippen LogP contribution in [0.3, 0.4) is 0 Å². The van der Waals surface area contributed by atoms with E-state index in [0.717, 1.165) is 37.7 Å². The van der Waals surface area contributed by atoms with Crippen LogP contribution in [0.4, 0.5) is 0 Å². The third-order valence-electron chi connectivity index (χ3n) is 7.82. The Balaban J connectivity index is 1.61. The van der Waals surface area contributed by atoms with Gasteiger partial charge in [0.05, 0.1) is 0 Å². The van der Waals surface area contributed by atoms with Gasteiger partial charge in [0.25, 0.3) is 0 Å². The first-order valence-corrected chi connectivity index (χ1v) is 10.1. The molecule has 0 aromatic heterocycles. The van der Waals surface area contributed by atoms with Gasteiger partial charge in [0, 0.05) is 24.3 Å². The van der Waals surface area contributed by atoms with Crippen LogP contribution in [0.25, 0.3) is 0 Å². The number of allylic oxidation sites excluding steroid dienone is 5. The van der Waals surface area contributed by atoms with Gasteiger partial charge in [-0.2, -0.15) is 0 Å². The van der Waals surface area contributed by atoms with Crippen molar-refractivity contribution in [3.8, 4) is 0 Å². The predicted molar refractivity (Wildman–Crippen MR) is 101 cm³/mol. The summed E-state index contributed by atoms with van der Waals surface area (Å²) in [5.74, 6) is 1.23. The van der Waals surface area contributed by atoms with E-state index in [1.165, 1.54) is 24.5 Å². The van der Waals surface area contributed by atoms with Gasteiger partial charge in [0.2, 0.25) is 0 Å². The molecule has 5 atom stereocenters. The van der Waals surface area contributed by atoms with Crippen molar-refractivity contribution in [1.82, 2.24) is 0 Å². The first kappa shape index (κ1) is 17.8. The molecule has 1 unspecified atom stereocenters. The molecule has 0 amide bonds. The molecule has 2 fully saturated rings. The maximum absolute atomic E-state index is 12.1. The molecule has 2 saturated carbocycles. The number of carbonyl (C=O) groups is 2. The molecule has 0 radical (unpaired) electrons. The van der Waals surface area contributed by atoms with Crippen LogP contribution >= 0.6 is 0 Å². The van der Waals surface area contributed by atoms with Crippen molar-refractivity contribution in [2.75, 3.05) is 0 Å². The number of rotatable bonds is 2. The Hall–Kier alpha value is -1.64. The molecule has 4 rings (SSSR count). The average Bonchev–Trinajstić information content (AvgIpc) is 2.92. The standard InChI is InChI=1S/C23H30O3/c1-14(24)19-7-8-20-18-6-5-16-13-17(26-15(2)25)9-11-22(16,3)21(18)10-12-23(19,20)4/h5,7-8,17-18,21H,6,9-13H2,1-4H3/t17-,18-,21?,22-,23+/m0/s1. The molecule has 26 heavy (non-hydrogen) atoms. The molecule has 3 nitrogen and oxygen atoms in total. The maximum atomic E-state index is 12.1. The van der Waals surface area contributed by atoms with E-state index in [-0.39, 0.29) is 28.7 Å². The summed E-state index contributed by atoms with van der Waals surface area (Å²) in [6.07, 6.45) is 13.1. The van der Waals surface area contributed by atoms with E-state index < -0.39 is 0 Å². The van der Waals surface area contributed by atoms with Gasteiger partial charge in [-0.3, -0.25) is 9.59 Å². The molecule has 3 heteroatoms. The third-order valence-corrected chi connectivity index (χ3v) is 7.82. The summed E-state index contributed by atoms with van der Waals surface area (Å²) < 4.78 is 5.51. The van der Waals surface area contributed by atoms with Crippen LogP contribution in [0.1, 0.15) is 66.2 Å². The lowest BCUT2D eigenvalue weighted by Gasteiger charge is -2.56. The van der Waals surface area contributed by atoms with Crippen molar-refractivity contribution in [2.24, 2.45) is 22.7 Å². The molecule has 0 heterocycles. The predicted octanol–water partition coefficient (Wildman–Crippen LogP) is 4.93. The van der Waals surface area contributed by atoms with E-state index in [0.29, 0.717) is 11.8 Å². The number of ether oxygens (including phenoxy) is 1. The molecule has 4 aliphatic carbocycles. The first-order chi connectivity index (χ1) is 12.3. The van der Waals surface area contributed by atoms with Crippen LogP contribution in [0, 0.1) is 22.7 Å². The summed E-state index contributed by atoms with van der Waals surface area (Å²) in [7, 11) is 0. The summed E-state index contributed by atoms with van der Waals surface area (Å²) in [5.41, 5.74) is 4.14. The molecule has 0 bridgehead atoms. The van der Waals surface area contributed by atoms with E-state index >= 15 is 0 Å². The van der Waals surface area contributed by atoms with Gasteiger partial charge in [-0.05, 0) is 56.3 Å². The monoisotopic (exact) mass is 354 g/mol. The zero-order valence-electron chi connectivity index (χ0n) is 16.4. The Labute approximate surface area is 156 Å². The van der Waals surface area contributed by atoms with Crippen LogP contribution in [0.15, 0.2) is 34.9 Å². The number of Topliss-reactive ketones (excluding diaryl/α,β-unsaturated/α-hetero) is 1. The highest BCUT2D eigenvalue weighted by Gasteiger charge is 2.54. The second kappa shape index (κ2) is 5.94. The topological polar surface area (TPSA) is 43.4 Å². The summed E-state index contributed by atoms with van der Waals surface area (Å²) >= 11 is 0. The van der Waals surface area contributed by atoms with Gasteiger partial charge in [-0.1, -0.05) is 43.2 Å². The fraction of sp³-hybridized carbons (Fsp3) is 0.652. The number of fused-ring (bicyclic) bond motifs is 5. The molecule has 0 aromatic rings. The molecule has 0 spiro atoms. The lowest BCUT2D eigenvalue weighted by atomic mass is 9.49. The summed E-state index contributed by atoms with van der Waals surface area (Å²) in [5, 5.41) is 0. The molecule has 0 N–H and O–H groups in total. The zero-order chi connectivity index (χ0) is 18.7. The van der Waals surface area contributed by atoms with Crippen LogP contribution < -0.4 is 0 Å². The maximum Gasteiger partial charge on any atom is 0.302 e. The molecular formula is C23H30O3. The normalized spacial score (nSPS) is 41.1. The lowest BCUT2D eigenvalue weighted by molar-refractivity contribution is -0.148. The van der Waals surface area contributed by atoms with Gasteiger partial charge in [-0.15, -0.1) is 0 Å². The zero-order valence-corrected chi connectivity index (χ0v) is 16.4. The van der Waals surface area contributed by atoms with E-state index in [1.807, 2.05) is 0 Å². The minimum Gasteiger partial charge on any atom is -0.462 e. The van der Waals surface area contributed by atoms with E-state index in [2.05, 4.69) is 32.1 Å². The number of ketones is 1. The SMILES string of the molecule is CC(=O)O[C@H]1CC[C@@]2(C)C(=CC[C@H]3C4=CC=C(C(C)=O)[C@@]4(C)CCC32)C1. The Kier molecular flexibility index (Phi) is 4.05. The number of hydrogen-bond donors (Lipinski definition) is 0. The highest BCUT2D eigenvalue weighted by atomic mass is 16.5. The summed E-state index contributed by atoms with van der Waals surface area (Å²) in [4.78, 5) is 23.5. The second-order valence-electron chi connectivity index (χ2n) is 9.20. The quantitative estimate of drug-likeness (QED) is 0.522. The van der Waals surface area contributed by atoms with Crippen LogP contribution in [0.5, 0.6) is 0 Å². The van der Waals surface area contributed by atoms with E-state index in [4.69, 9.17) is 4.74 Å². The Morgan fingerprint density at radius 3 is 2.58 bits per heavy atom. The molecular weight excluding hydrogens is 324 g/mol. The number of carbonyl (C=O) groups excluding carboxylic acids is 2. The van der Waals surface area contributed by atoms with Gasteiger partial charge < -0.3 is 4.74 Å². The number of esters is 1. The Bertz CT molecular complexity index is 755. The van der Waals surface area contributed by atoms with Crippen molar-refractivity contribution in [2.45, 2.75) is 72.3 Å². The molecule has 0 saturated heterocycles. The van der Waals surface area contributed by atoms with Crippen molar-refractivity contribution < 1.29 is 14.3 Å². The average molecular weight is 354 g/mol. The summed E-state index contributed by atoms with van der Waals surface area (Å²) in [6.45, 7) is 7.91. The molecule has 0 aliphatic heterocycles. The van der Waals surface area contributed by atoms with Crippen molar-refractivity contribution >= 4 is 11.8 Å². The highest BCUT2D eigenvalue weighted by Crippen LogP contribution is 2.63. The largest absolute Gasteiger partial charge is 0.462 e. The number of hydrogen-bond acceptors (Lipinski definition) is 3. The highest BCUT2D eigenvalue weighted by molar-refractivity contribution is 5.96. The van der Waals surface area contributed by atoms with Crippen LogP contribution in [-0.4, -0.2) is 17.9 Å². The van der Waals surface area contributed by atoms with Gasteiger partial charge in [0.1, 0.15) is 6.10 Å². The van der Waals surface area contributed by atoms with Crippen molar-refractivity contribution in [3.63, 3.8) is 0 Å². The van der Waals surface area contributed by atoms with Crippen molar-refractivity contribution in [3.05, 3.63) is 34.9 Å². The Morgan fingerprint density at radius 2 is 1.88 bits per heavy atom. The minimum absolute atomic E-state index is 0.0499. The Morgan fingerprint density at radius 1 is 1.12 bits per heavy atom. The fourth-order valence-corrected chi connectivity index (χ4v) is 6.48.